The minimum atomic E-state index is -0.945. The van der Waals surface area contributed by atoms with Gasteiger partial charge >= 0.3 is 5.97 Å². The normalized spacial score (nSPS) is 13.6. The van der Waals surface area contributed by atoms with Gasteiger partial charge in [-0.25, -0.2) is 4.79 Å². The maximum absolute atomic E-state index is 10.9. The lowest BCUT2D eigenvalue weighted by molar-refractivity contribution is 0.0694. The van der Waals surface area contributed by atoms with E-state index < -0.39 is 5.97 Å². The molecule has 1 rings (SSSR count). The Hall–Kier alpha value is -1.29. The first-order chi connectivity index (χ1) is 7.82. The number of carboxylic acid groups (broad SMARTS) is 1. The molecule has 1 unspecified atom stereocenters. The lowest BCUT2D eigenvalue weighted by Crippen LogP contribution is -2.29. The quantitative estimate of drug-likeness (QED) is 0.829. The van der Waals surface area contributed by atoms with Crippen molar-refractivity contribution in [3.05, 3.63) is 23.7 Å². The summed E-state index contributed by atoms with van der Waals surface area (Å²) in [6.45, 7) is 10.0. The van der Waals surface area contributed by atoms with Gasteiger partial charge in [-0.05, 0) is 23.9 Å². The van der Waals surface area contributed by atoms with Gasteiger partial charge < -0.3 is 14.8 Å². The molecule has 2 N–H and O–H groups in total. The fraction of sp³-hybridized carbons (Fsp3) is 0.615. The summed E-state index contributed by atoms with van der Waals surface area (Å²) in [5, 5.41) is 12.1. The molecular weight excluding hydrogens is 218 g/mol. The van der Waals surface area contributed by atoms with E-state index in [1.807, 2.05) is 0 Å². The number of hydrogen-bond donors (Lipinski definition) is 2. The Kier molecular flexibility index (Phi) is 4.34. The number of aromatic carboxylic acids is 1. The van der Waals surface area contributed by atoms with E-state index in [-0.39, 0.29) is 11.0 Å². The highest BCUT2D eigenvalue weighted by Crippen LogP contribution is 2.24. The summed E-state index contributed by atoms with van der Waals surface area (Å²) in [5.41, 5.74) is 0.479. The second-order valence-electron chi connectivity index (χ2n) is 5.46. The Morgan fingerprint density at radius 2 is 2.18 bits per heavy atom. The monoisotopic (exact) mass is 239 g/mol. The maximum Gasteiger partial charge on any atom is 0.339 e. The molecule has 1 atom stereocenters. The molecule has 0 radical (unpaired) electrons. The third kappa shape index (κ3) is 3.89. The molecule has 0 aliphatic carbocycles. The molecular formula is C13H21NO3. The molecule has 0 fully saturated rings. The fourth-order valence-corrected chi connectivity index (χ4v) is 1.38. The van der Waals surface area contributed by atoms with Crippen LogP contribution in [0, 0.1) is 11.3 Å². The van der Waals surface area contributed by atoms with Gasteiger partial charge in [-0.3, -0.25) is 0 Å². The highest BCUT2D eigenvalue weighted by Gasteiger charge is 2.20. The summed E-state index contributed by atoms with van der Waals surface area (Å²) in [7, 11) is 0. The highest BCUT2D eigenvalue weighted by molar-refractivity contribution is 5.88. The van der Waals surface area contributed by atoms with Gasteiger partial charge in [0.1, 0.15) is 11.3 Å². The summed E-state index contributed by atoms with van der Waals surface area (Å²) < 4.78 is 5.15. The maximum atomic E-state index is 10.9. The average molecular weight is 239 g/mol. The Balaban J connectivity index is 2.46. The Morgan fingerprint density at radius 3 is 2.71 bits per heavy atom. The number of carbonyl (C=O) groups is 1. The number of nitrogens with one attached hydrogen (secondary N) is 1. The van der Waals surface area contributed by atoms with E-state index in [4.69, 9.17) is 9.52 Å². The molecule has 1 aromatic rings. The summed E-state index contributed by atoms with van der Waals surface area (Å²) in [6, 6.07) is 1.48. The van der Waals surface area contributed by atoms with Crippen LogP contribution >= 0.6 is 0 Å². The Morgan fingerprint density at radius 1 is 1.53 bits per heavy atom. The van der Waals surface area contributed by atoms with Crippen molar-refractivity contribution >= 4 is 5.97 Å². The lowest BCUT2D eigenvalue weighted by atomic mass is 9.82. The zero-order chi connectivity index (χ0) is 13.1. The van der Waals surface area contributed by atoms with E-state index in [0.29, 0.717) is 18.2 Å². The van der Waals surface area contributed by atoms with Gasteiger partial charge in [0.05, 0.1) is 12.8 Å². The molecule has 4 heteroatoms. The molecule has 0 bridgehead atoms. The molecule has 0 amide bonds. The molecule has 0 saturated heterocycles. The minimum Gasteiger partial charge on any atom is -0.478 e. The topological polar surface area (TPSA) is 62.5 Å². The van der Waals surface area contributed by atoms with E-state index in [0.717, 1.165) is 6.54 Å². The molecule has 0 aliphatic rings. The van der Waals surface area contributed by atoms with Crippen molar-refractivity contribution < 1.29 is 14.3 Å². The average Bonchev–Trinajstić information content (AvgIpc) is 2.64. The van der Waals surface area contributed by atoms with Crippen molar-refractivity contribution in [2.45, 2.75) is 34.2 Å². The second kappa shape index (κ2) is 5.36. The second-order valence-corrected chi connectivity index (χ2v) is 5.46. The van der Waals surface area contributed by atoms with Gasteiger partial charge in [-0.2, -0.15) is 0 Å². The molecule has 4 nitrogen and oxygen atoms in total. The van der Waals surface area contributed by atoms with Crippen LogP contribution < -0.4 is 5.32 Å². The van der Waals surface area contributed by atoms with Crippen molar-refractivity contribution in [3.63, 3.8) is 0 Å². The predicted octanol–water partition coefficient (Wildman–Crippen LogP) is 2.75. The van der Waals surface area contributed by atoms with Crippen molar-refractivity contribution in [2.24, 2.45) is 11.3 Å². The number of hydrogen-bond acceptors (Lipinski definition) is 3. The Labute approximate surface area is 102 Å². The summed E-state index contributed by atoms with van der Waals surface area (Å²) >= 11 is 0. The van der Waals surface area contributed by atoms with Crippen molar-refractivity contribution in [1.82, 2.24) is 5.32 Å². The van der Waals surface area contributed by atoms with Crippen LogP contribution in [0.3, 0.4) is 0 Å². The van der Waals surface area contributed by atoms with E-state index in [1.54, 1.807) is 0 Å². The SMILES string of the molecule is CC(CNCc1occc1C(=O)O)C(C)(C)C. The molecule has 17 heavy (non-hydrogen) atoms. The zero-order valence-electron chi connectivity index (χ0n) is 10.9. The van der Waals surface area contributed by atoms with Crippen molar-refractivity contribution in [2.75, 3.05) is 6.54 Å². The van der Waals surface area contributed by atoms with Crippen molar-refractivity contribution in [3.8, 4) is 0 Å². The van der Waals surface area contributed by atoms with Crippen LogP contribution in [0.4, 0.5) is 0 Å². The first-order valence-corrected chi connectivity index (χ1v) is 5.82. The van der Waals surface area contributed by atoms with Gasteiger partial charge in [0.2, 0.25) is 0 Å². The third-order valence-corrected chi connectivity index (χ3v) is 3.19. The van der Waals surface area contributed by atoms with Gasteiger partial charge in [-0.15, -0.1) is 0 Å². The molecule has 0 saturated carbocycles. The van der Waals surface area contributed by atoms with Gasteiger partial charge in [0.15, 0.2) is 0 Å². The number of carboxylic acids is 1. The summed E-state index contributed by atoms with van der Waals surface area (Å²) in [5.74, 6) is 0.0452. The van der Waals surface area contributed by atoms with Crippen LogP contribution in [-0.4, -0.2) is 17.6 Å². The molecule has 1 heterocycles. The summed E-state index contributed by atoms with van der Waals surface area (Å²) in [6.07, 6.45) is 1.41. The standard InChI is InChI=1S/C13H21NO3/c1-9(13(2,3)4)7-14-8-11-10(12(15)16)5-6-17-11/h5-6,9,14H,7-8H2,1-4H3,(H,15,16). The van der Waals surface area contributed by atoms with Crippen LogP contribution in [0.1, 0.15) is 43.8 Å². The molecule has 1 aromatic heterocycles. The van der Waals surface area contributed by atoms with Gasteiger partial charge in [-0.1, -0.05) is 27.7 Å². The van der Waals surface area contributed by atoms with Gasteiger partial charge in [0.25, 0.3) is 0 Å². The van der Waals surface area contributed by atoms with Gasteiger partial charge in [0, 0.05) is 0 Å². The van der Waals surface area contributed by atoms with Crippen LogP contribution in [0.2, 0.25) is 0 Å². The number of rotatable bonds is 5. The van der Waals surface area contributed by atoms with Crippen LogP contribution in [-0.2, 0) is 6.54 Å². The van der Waals surface area contributed by atoms with Crippen LogP contribution in [0.15, 0.2) is 16.7 Å². The molecule has 0 spiro atoms. The molecule has 0 aromatic carbocycles. The lowest BCUT2D eigenvalue weighted by Gasteiger charge is -2.27. The third-order valence-electron chi connectivity index (χ3n) is 3.19. The van der Waals surface area contributed by atoms with Crippen LogP contribution in [0.5, 0.6) is 0 Å². The highest BCUT2D eigenvalue weighted by atomic mass is 16.4. The van der Waals surface area contributed by atoms with E-state index in [9.17, 15) is 4.79 Å². The van der Waals surface area contributed by atoms with E-state index in [2.05, 4.69) is 33.0 Å². The molecule has 0 aliphatic heterocycles. The first-order valence-electron chi connectivity index (χ1n) is 5.82. The van der Waals surface area contributed by atoms with Crippen molar-refractivity contribution in [1.29, 1.82) is 0 Å². The van der Waals surface area contributed by atoms with E-state index in [1.165, 1.54) is 12.3 Å². The molecule has 96 valence electrons. The van der Waals surface area contributed by atoms with Crippen LogP contribution in [0.25, 0.3) is 0 Å². The van der Waals surface area contributed by atoms with E-state index >= 15 is 0 Å². The summed E-state index contributed by atoms with van der Waals surface area (Å²) in [4.78, 5) is 10.9. The zero-order valence-corrected chi connectivity index (χ0v) is 10.9. The smallest absolute Gasteiger partial charge is 0.339 e. The predicted molar refractivity (Wildman–Crippen MR) is 66.0 cm³/mol. The number of furan rings is 1. The largest absolute Gasteiger partial charge is 0.478 e. The fourth-order valence-electron chi connectivity index (χ4n) is 1.38. The first kappa shape index (κ1) is 13.8. The minimum absolute atomic E-state index is 0.237. The Bertz CT molecular complexity index is 376.